The molecule has 5 heteroatoms. The standard InChI is InChI=1S/C7H13BO4/c1-6(5-8(10)11)3-4-7(9)12-2/h5,10-11H,3-4H2,1-2H3/b6-5+. The molecular formula is C7H13BO4. The van der Waals surface area contributed by atoms with Crippen molar-refractivity contribution in [3.63, 3.8) is 0 Å². The maximum Gasteiger partial charge on any atom is 0.480 e. The quantitative estimate of drug-likeness (QED) is 0.458. The summed E-state index contributed by atoms with van der Waals surface area (Å²) < 4.78 is 4.41. The summed E-state index contributed by atoms with van der Waals surface area (Å²) in [5.41, 5.74) is 0.760. The molecule has 4 nitrogen and oxygen atoms in total. The van der Waals surface area contributed by atoms with E-state index in [0.717, 1.165) is 5.57 Å². The van der Waals surface area contributed by atoms with E-state index in [4.69, 9.17) is 10.0 Å². The molecule has 68 valence electrons. The number of hydrogen-bond acceptors (Lipinski definition) is 4. The molecule has 0 unspecified atom stereocenters. The van der Waals surface area contributed by atoms with Crippen LogP contribution in [0.15, 0.2) is 11.5 Å². The molecule has 0 heterocycles. The molecule has 0 saturated carbocycles. The summed E-state index contributed by atoms with van der Waals surface area (Å²) >= 11 is 0. The number of carbonyl (C=O) groups is 1. The van der Waals surface area contributed by atoms with Crippen LogP contribution in [0.5, 0.6) is 0 Å². The minimum Gasteiger partial charge on any atom is -0.469 e. The van der Waals surface area contributed by atoms with Crippen LogP contribution in [0.1, 0.15) is 19.8 Å². The fourth-order valence-electron chi connectivity index (χ4n) is 0.739. The molecule has 0 aromatic heterocycles. The number of ether oxygens (including phenoxy) is 1. The van der Waals surface area contributed by atoms with E-state index in [1.165, 1.54) is 13.1 Å². The first-order valence-corrected chi connectivity index (χ1v) is 3.66. The van der Waals surface area contributed by atoms with E-state index in [0.29, 0.717) is 6.42 Å². The monoisotopic (exact) mass is 172 g/mol. The summed E-state index contributed by atoms with van der Waals surface area (Å²) in [4.78, 5) is 10.6. The van der Waals surface area contributed by atoms with Gasteiger partial charge in [-0.2, -0.15) is 0 Å². The number of hydrogen-bond donors (Lipinski definition) is 2. The summed E-state index contributed by atoms with van der Waals surface area (Å²) in [6.45, 7) is 1.72. The molecule has 0 aliphatic rings. The Bertz CT molecular complexity index is 176. The van der Waals surface area contributed by atoms with Crippen molar-refractivity contribution < 1.29 is 19.6 Å². The van der Waals surface area contributed by atoms with Crippen LogP contribution in [0.25, 0.3) is 0 Å². The molecule has 0 aromatic rings. The van der Waals surface area contributed by atoms with Crippen LogP contribution < -0.4 is 0 Å². The zero-order chi connectivity index (χ0) is 9.56. The minimum atomic E-state index is -1.44. The third kappa shape index (κ3) is 5.94. The van der Waals surface area contributed by atoms with Crippen LogP contribution in [-0.2, 0) is 9.53 Å². The molecule has 0 saturated heterocycles. The van der Waals surface area contributed by atoms with Crippen molar-refractivity contribution in [2.24, 2.45) is 0 Å². The highest BCUT2D eigenvalue weighted by Gasteiger charge is 2.04. The molecular weight excluding hydrogens is 159 g/mol. The second-order valence-corrected chi connectivity index (χ2v) is 2.50. The lowest BCUT2D eigenvalue weighted by Crippen LogP contribution is -2.08. The second kappa shape index (κ2) is 5.80. The highest BCUT2D eigenvalue weighted by atomic mass is 16.5. The predicted octanol–water partition coefficient (Wildman–Crippen LogP) is -0.102. The van der Waals surface area contributed by atoms with Crippen LogP contribution in [0.2, 0.25) is 0 Å². The van der Waals surface area contributed by atoms with Gasteiger partial charge in [0.1, 0.15) is 0 Å². The van der Waals surface area contributed by atoms with Gasteiger partial charge in [0, 0.05) is 6.42 Å². The molecule has 0 spiro atoms. The Morgan fingerprint density at radius 3 is 2.50 bits per heavy atom. The van der Waals surface area contributed by atoms with Crippen LogP contribution in [0.4, 0.5) is 0 Å². The first kappa shape index (κ1) is 11.2. The maximum atomic E-state index is 10.6. The molecule has 0 bridgehead atoms. The average Bonchev–Trinajstić information content (AvgIpc) is 1.99. The van der Waals surface area contributed by atoms with Gasteiger partial charge in [-0.1, -0.05) is 11.5 Å². The summed E-state index contributed by atoms with van der Waals surface area (Å²) in [5, 5.41) is 17.0. The van der Waals surface area contributed by atoms with Gasteiger partial charge in [-0.15, -0.1) is 0 Å². The SMILES string of the molecule is COC(=O)CC/C(C)=C/B(O)O. The van der Waals surface area contributed by atoms with Gasteiger partial charge in [0.2, 0.25) is 0 Å². The Hall–Kier alpha value is -0.805. The van der Waals surface area contributed by atoms with Crippen molar-refractivity contribution in [3.05, 3.63) is 11.5 Å². The van der Waals surface area contributed by atoms with E-state index >= 15 is 0 Å². The third-order valence-corrected chi connectivity index (χ3v) is 1.38. The zero-order valence-electron chi connectivity index (χ0n) is 7.28. The lowest BCUT2D eigenvalue weighted by Gasteiger charge is -1.99. The molecule has 0 radical (unpaired) electrons. The smallest absolute Gasteiger partial charge is 0.469 e. The maximum absolute atomic E-state index is 10.6. The average molecular weight is 172 g/mol. The molecule has 0 fully saturated rings. The molecule has 0 aromatic carbocycles. The van der Waals surface area contributed by atoms with E-state index in [2.05, 4.69) is 4.74 Å². The number of carbonyl (C=O) groups excluding carboxylic acids is 1. The Morgan fingerprint density at radius 1 is 1.50 bits per heavy atom. The summed E-state index contributed by atoms with van der Waals surface area (Å²) in [5.74, 6) is 0.985. The van der Waals surface area contributed by atoms with Crippen molar-refractivity contribution in [3.8, 4) is 0 Å². The normalized spacial score (nSPS) is 11.2. The molecule has 0 atom stereocenters. The van der Waals surface area contributed by atoms with Crippen LogP contribution in [0.3, 0.4) is 0 Å². The Kier molecular flexibility index (Phi) is 5.41. The van der Waals surface area contributed by atoms with Gasteiger partial charge in [0.15, 0.2) is 0 Å². The van der Waals surface area contributed by atoms with E-state index in [9.17, 15) is 4.79 Å². The van der Waals surface area contributed by atoms with E-state index in [1.54, 1.807) is 6.92 Å². The first-order valence-electron chi connectivity index (χ1n) is 3.66. The molecule has 12 heavy (non-hydrogen) atoms. The lowest BCUT2D eigenvalue weighted by atomic mass is 9.88. The Balaban J connectivity index is 3.70. The number of esters is 1. The van der Waals surface area contributed by atoms with E-state index < -0.39 is 7.12 Å². The Labute approximate surface area is 72.0 Å². The van der Waals surface area contributed by atoms with Gasteiger partial charge in [0.05, 0.1) is 7.11 Å². The molecule has 2 N–H and O–H groups in total. The minimum absolute atomic E-state index is 0.269. The zero-order valence-corrected chi connectivity index (χ0v) is 7.28. The predicted molar refractivity (Wildman–Crippen MR) is 45.2 cm³/mol. The van der Waals surface area contributed by atoms with Crippen molar-refractivity contribution in [1.29, 1.82) is 0 Å². The highest BCUT2D eigenvalue weighted by Crippen LogP contribution is 2.04. The topological polar surface area (TPSA) is 66.8 Å². The number of methoxy groups -OCH3 is 1. The van der Waals surface area contributed by atoms with Crippen molar-refractivity contribution in [1.82, 2.24) is 0 Å². The van der Waals surface area contributed by atoms with Gasteiger partial charge in [-0.3, -0.25) is 4.79 Å². The summed E-state index contributed by atoms with van der Waals surface area (Å²) in [6, 6.07) is 0. The second-order valence-electron chi connectivity index (χ2n) is 2.50. The van der Waals surface area contributed by atoms with E-state index in [-0.39, 0.29) is 12.4 Å². The van der Waals surface area contributed by atoms with Crippen molar-refractivity contribution in [2.75, 3.05) is 7.11 Å². The van der Waals surface area contributed by atoms with Crippen LogP contribution >= 0.6 is 0 Å². The fraction of sp³-hybridized carbons (Fsp3) is 0.571. The molecule has 0 rings (SSSR count). The van der Waals surface area contributed by atoms with Gasteiger partial charge in [0.25, 0.3) is 0 Å². The molecule has 0 aliphatic heterocycles. The summed E-state index contributed by atoms with van der Waals surface area (Å²) in [6.07, 6.45) is 0.760. The summed E-state index contributed by atoms with van der Waals surface area (Å²) in [7, 11) is -0.120. The third-order valence-electron chi connectivity index (χ3n) is 1.38. The fourth-order valence-corrected chi connectivity index (χ4v) is 0.739. The van der Waals surface area contributed by atoms with Gasteiger partial charge in [-0.05, 0) is 13.3 Å². The molecule has 0 amide bonds. The van der Waals surface area contributed by atoms with Gasteiger partial charge >= 0.3 is 13.1 Å². The lowest BCUT2D eigenvalue weighted by molar-refractivity contribution is -0.140. The Morgan fingerprint density at radius 2 is 2.08 bits per heavy atom. The van der Waals surface area contributed by atoms with Crippen molar-refractivity contribution >= 4 is 13.1 Å². The number of allylic oxidation sites excluding steroid dienone is 1. The first-order chi connectivity index (χ1) is 5.56. The van der Waals surface area contributed by atoms with Crippen molar-refractivity contribution in [2.45, 2.75) is 19.8 Å². The largest absolute Gasteiger partial charge is 0.480 e. The molecule has 0 aliphatic carbocycles. The van der Waals surface area contributed by atoms with Gasteiger partial charge < -0.3 is 14.8 Å². The van der Waals surface area contributed by atoms with Crippen LogP contribution in [-0.4, -0.2) is 30.2 Å². The van der Waals surface area contributed by atoms with E-state index in [1.807, 2.05) is 0 Å². The highest BCUT2D eigenvalue weighted by molar-refractivity contribution is 6.47. The number of rotatable bonds is 4. The van der Waals surface area contributed by atoms with Crippen LogP contribution in [0, 0.1) is 0 Å². The van der Waals surface area contributed by atoms with Gasteiger partial charge in [-0.25, -0.2) is 0 Å².